The summed E-state index contributed by atoms with van der Waals surface area (Å²) in [5.41, 5.74) is 1.32. The molecule has 1 aliphatic rings. The number of aryl methyl sites for hydroxylation is 1. The van der Waals surface area contributed by atoms with Crippen molar-refractivity contribution in [2.45, 2.75) is 18.2 Å². The fourth-order valence-corrected chi connectivity index (χ4v) is 4.36. The van der Waals surface area contributed by atoms with Crippen molar-refractivity contribution in [1.82, 2.24) is 0 Å². The first-order chi connectivity index (χ1) is 12.8. The molecule has 7 nitrogen and oxygen atoms in total. The number of halogens is 1. The average molecular weight is 409 g/mol. The Morgan fingerprint density at radius 3 is 2.78 bits per heavy atom. The van der Waals surface area contributed by atoms with Gasteiger partial charge >= 0.3 is 0 Å². The van der Waals surface area contributed by atoms with Crippen molar-refractivity contribution in [1.29, 1.82) is 0 Å². The third-order valence-corrected chi connectivity index (χ3v) is 6.17. The van der Waals surface area contributed by atoms with Crippen LogP contribution in [0.5, 0.6) is 5.75 Å². The van der Waals surface area contributed by atoms with Crippen molar-refractivity contribution in [2.24, 2.45) is 0 Å². The Bertz CT molecular complexity index is 1020. The molecule has 0 atom stereocenters. The summed E-state index contributed by atoms with van der Waals surface area (Å²) in [6, 6.07) is 9.63. The van der Waals surface area contributed by atoms with Crippen LogP contribution >= 0.6 is 11.6 Å². The van der Waals surface area contributed by atoms with Gasteiger partial charge in [-0.3, -0.25) is 9.59 Å². The number of amides is 2. The van der Waals surface area contributed by atoms with Crippen LogP contribution in [0.2, 0.25) is 5.02 Å². The Balaban J connectivity index is 1.72. The van der Waals surface area contributed by atoms with Crippen molar-refractivity contribution < 1.29 is 22.7 Å². The zero-order chi connectivity index (χ0) is 19.6. The van der Waals surface area contributed by atoms with Gasteiger partial charge in [0.15, 0.2) is 16.4 Å². The highest BCUT2D eigenvalue weighted by atomic mass is 35.5. The van der Waals surface area contributed by atoms with E-state index in [1.165, 1.54) is 6.07 Å². The van der Waals surface area contributed by atoms with Crippen molar-refractivity contribution in [2.75, 3.05) is 23.0 Å². The highest BCUT2D eigenvalue weighted by Crippen LogP contribution is 2.33. The number of anilines is 2. The maximum Gasteiger partial charge on any atom is 0.262 e. The van der Waals surface area contributed by atoms with Crippen LogP contribution in [0.15, 0.2) is 41.3 Å². The zero-order valence-corrected chi connectivity index (χ0v) is 16.0. The summed E-state index contributed by atoms with van der Waals surface area (Å²) in [7, 11) is -3.72. The minimum Gasteiger partial charge on any atom is -0.482 e. The molecule has 2 aromatic rings. The van der Waals surface area contributed by atoms with Crippen LogP contribution in [-0.4, -0.2) is 32.6 Å². The van der Waals surface area contributed by atoms with Gasteiger partial charge in [-0.15, -0.1) is 0 Å². The normalized spacial score (nSPS) is 13.3. The van der Waals surface area contributed by atoms with Gasteiger partial charge in [-0.2, -0.15) is 0 Å². The first-order valence-corrected chi connectivity index (χ1v) is 10.1. The fourth-order valence-electron chi connectivity index (χ4n) is 2.66. The lowest BCUT2D eigenvalue weighted by Crippen LogP contribution is -2.26. The van der Waals surface area contributed by atoms with E-state index in [4.69, 9.17) is 16.3 Å². The summed E-state index contributed by atoms with van der Waals surface area (Å²) in [6.45, 7) is 1.45. The van der Waals surface area contributed by atoms with Crippen molar-refractivity contribution in [3.05, 3.63) is 47.0 Å². The van der Waals surface area contributed by atoms with Gasteiger partial charge in [0, 0.05) is 12.5 Å². The Kier molecular flexibility index (Phi) is 5.38. The first kappa shape index (κ1) is 19.2. The maximum absolute atomic E-state index is 12.7. The smallest absolute Gasteiger partial charge is 0.262 e. The van der Waals surface area contributed by atoms with Gasteiger partial charge in [0.05, 0.1) is 27.0 Å². The van der Waals surface area contributed by atoms with Crippen LogP contribution in [0.1, 0.15) is 12.0 Å². The van der Waals surface area contributed by atoms with Gasteiger partial charge in [-0.05, 0) is 30.7 Å². The number of sulfone groups is 1. The Morgan fingerprint density at radius 2 is 2.04 bits per heavy atom. The first-order valence-electron chi connectivity index (χ1n) is 8.11. The minimum absolute atomic E-state index is 0.0722. The van der Waals surface area contributed by atoms with E-state index in [1.807, 2.05) is 0 Å². The number of rotatable bonds is 5. The van der Waals surface area contributed by atoms with Gasteiger partial charge < -0.3 is 15.4 Å². The molecule has 0 aromatic heterocycles. The predicted molar refractivity (Wildman–Crippen MR) is 102 cm³/mol. The number of hydrogen-bond donors (Lipinski definition) is 2. The molecule has 0 fully saturated rings. The summed E-state index contributed by atoms with van der Waals surface area (Å²) in [5, 5.41) is 5.60. The molecule has 9 heteroatoms. The molecular formula is C18H17ClN2O5S. The van der Waals surface area contributed by atoms with Crippen LogP contribution in [0.4, 0.5) is 11.4 Å². The maximum atomic E-state index is 12.7. The number of benzene rings is 2. The Hall–Kier alpha value is -2.58. The lowest BCUT2D eigenvalue weighted by molar-refractivity contribution is -0.118. The highest BCUT2D eigenvalue weighted by Gasteiger charge is 2.24. The quantitative estimate of drug-likeness (QED) is 0.792. The lowest BCUT2D eigenvalue weighted by atomic mass is 10.2. The number of fused-ring (bicyclic) bond motifs is 1. The van der Waals surface area contributed by atoms with E-state index < -0.39 is 15.7 Å². The second kappa shape index (κ2) is 7.58. The molecule has 0 radical (unpaired) electrons. The topological polar surface area (TPSA) is 102 Å². The van der Waals surface area contributed by atoms with Crippen LogP contribution in [0.25, 0.3) is 0 Å². The molecule has 3 rings (SSSR count). The number of nitrogens with one attached hydrogen (secondary N) is 2. The SMILES string of the molecule is Cc1cc2c(cc1S(=O)(=O)CCC(=O)Nc1ccccc1Cl)OCC(=O)N2. The molecule has 0 saturated carbocycles. The van der Waals surface area contributed by atoms with Crippen LogP contribution < -0.4 is 15.4 Å². The zero-order valence-electron chi connectivity index (χ0n) is 14.4. The molecule has 1 heterocycles. The monoisotopic (exact) mass is 408 g/mol. The van der Waals surface area contributed by atoms with Crippen LogP contribution in [-0.2, 0) is 19.4 Å². The molecule has 0 unspecified atom stereocenters. The van der Waals surface area contributed by atoms with Crippen LogP contribution in [0, 0.1) is 6.92 Å². The number of ether oxygens (including phenoxy) is 1. The molecule has 0 saturated heterocycles. The summed E-state index contributed by atoms with van der Waals surface area (Å²) in [6.07, 6.45) is -0.221. The van der Waals surface area contributed by atoms with E-state index in [1.54, 1.807) is 37.3 Å². The highest BCUT2D eigenvalue weighted by molar-refractivity contribution is 7.91. The molecule has 0 spiro atoms. The fraction of sp³-hybridized carbons (Fsp3) is 0.222. The van der Waals surface area contributed by atoms with E-state index in [9.17, 15) is 18.0 Å². The minimum atomic E-state index is -3.72. The molecule has 0 bridgehead atoms. The van der Waals surface area contributed by atoms with E-state index in [2.05, 4.69) is 10.6 Å². The third-order valence-electron chi connectivity index (χ3n) is 3.99. The van der Waals surface area contributed by atoms with E-state index in [0.29, 0.717) is 27.7 Å². The predicted octanol–water partition coefficient (Wildman–Crippen LogP) is 2.78. The Labute approximate surface area is 161 Å². The lowest BCUT2D eigenvalue weighted by Gasteiger charge is -2.20. The molecule has 2 aromatic carbocycles. The van der Waals surface area contributed by atoms with Gasteiger partial charge in [-0.25, -0.2) is 8.42 Å². The van der Waals surface area contributed by atoms with E-state index in [-0.39, 0.29) is 29.6 Å². The molecule has 142 valence electrons. The summed E-state index contributed by atoms with van der Waals surface area (Å²) < 4.78 is 30.6. The molecule has 1 aliphatic heterocycles. The van der Waals surface area contributed by atoms with Gasteiger partial charge in [0.2, 0.25) is 5.91 Å². The standard InChI is InChI=1S/C18H17ClN2O5S/c1-11-8-14-15(26-10-18(23)21-14)9-16(11)27(24,25)7-6-17(22)20-13-5-3-2-4-12(13)19/h2-5,8-9H,6-7,10H2,1H3,(H,20,22)(H,21,23). The number of carbonyl (C=O) groups excluding carboxylic acids is 2. The van der Waals surface area contributed by atoms with Crippen molar-refractivity contribution >= 4 is 44.6 Å². The summed E-state index contributed by atoms with van der Waals surface area (Å²) in [5.74, 6) is -0.825. The average Bonchev–Trinajstić information content (AvgIpc) is 2.61. The Morgan fingerprint density at radius 1 is 1.30 bits per heavy atom. The number of para-hydroxylation sites is 1. The van der Waals surface area contributed by atoms with E-state index >= 15 is 0 Å². The number of hydrogen-bond acceptors (Lipinski definition) is 5. The molecule has 2 amide bonds. The van der Waals surface area contributed by atoms with E-state index in [0.717, 1.165) is 0 Å². The van der Waals surface area contributed by atoms with Gasteiger partial charge in [0.1, 0.15) is 5.75 Å². The molecule has 0 aliphatic carbocycles. The van der Waals surface area contributed by atoms with Gasteiger partial charge in [-0.1, -0.05) is 23.7 Å². The summed E-state index contributed by atoms with van der Waals surface area (Å²) >= 11 is 5.98. The molecule has 27 heavy (non-hydrogen) atoms. The van der Waals surface area contributed by atoms with Crippen LogP contribution in [0.3, 0.4) is 0 Å². The summed E-state index contributed by atoms with van der Waals surface area (Å²) in [4.78, 5) is 23.5. The van der Waals surface area contributed by atoms with Gasteiger partial charge in [0.25, 0.3) is 5.91 Å². The van der Waals surface area contributed by atoms with Crippen molar-refractivity contribution in [3.8, 4) is 5.75 Å². The second-order valence-corrected chi connectivity index (χ2v) is 8.53. The third kappa shape index (κ3) is 4.40. The largest absolute Gasteiger partial charge is 0.482 e. The molecule has 2 N–H and O–H groups in total. The van der Waals surface area contributed by atoms with Crippen molar-refractivity contribution in [3.63, 3.8) is 0 Å². The molecular weight excluding hydrogens is 392 g/mol. The number of carbonyl (C=O) groups is 2. The second-order valence-electron chi connectivity index (χ2n) is 6.05.